The topological polar surface area (TPSA) is 116 Å². The van der Waals surface area contributed by atoms with Crippen LogP contribution in [0, 0.1) is 0 Å². The molecule has 0 amide bonds. The van der Waals surface area contributed by atoms with E-state index in [1.807, 2.05) is 0 Å². The molecule has 0 bridgehead atoms. The van der Waals surface area contributed by atoms with E-state index in [-0.39, 0.29) is 17.1 Å². The van der Waals surface area contributed by atoms with Crippen LogP contribution in [0.5, 0.6) is 11.5 Å². The third-order valence-electron chi connectivity index (χ3n) is 3.42. The highest BCUT2D eigenvalue weighted by molar-refractivity contribution is 6.05. The first-order valence-corrected chi connectivity index (χ1v) is 6.80. The van der Waals surface area contributed by atoms with Gasteiger partial charge in [0.2, 0.25) is 5.78 Å². The lowest BCUT2D eigenvalue weighted by Crippen LogP contribution is -2.39. The highest BCUT2D eigenvalue weighted by atomic mass is 16.9. The molecule has 2 aromatic carbocycles. The predicted octanol–water partition coefficient (Wildman–Crippen LogP) is 0.331. The van der Waals surface area contributed by atoms with Crippen molar-refractivity contribution in [1.29, 1.82) is 0 Å². The smallest absolute Gasteiger partial charge is 0.453 e. The number of ether oxygens (including phenoxy) is 2. The van der Waals surface area contributed by atoms with E-state index in [0.29, 0.717) is 5.56 Å². The number of hydrogen-bond acceptors (Lipinski definition) is 7. The molecule has 2 atom stereocenters. The van der Waals surface area contributed by atoms with Crippen LogP contribution in [0.4, 0.5) is 0 Å². The summed E-state index contributed by atoms with van der Waals surface area (Å²) in [6.45, 7) is 0. The number of aliphatic hydroxyl groups excluding tert-OH is 1. The first-order valence-electron chi connectivity index (χ1n) is 6.80. The molecule has 7 heteroatoms. The summed E-state index contributed by atoms with van der Waals surface area (Å²) in [5.41, 5.74) is 0.444. The molecule has 0 aliphatic carbocycles. The van der Waals surface area contributed by atoms with Gasteiger partial charge in [0.25, 0.3) is 0 Å². The summed E-state index contributed by atoms with van der Waals surface area (Å²) in [6.07, 6.45) is -5.84. The fourth-order valence-corrected chi connectivity index (χ4v) is 2.46. The summed E-state index contributed by atoms with van der Waals surface area (Å²) in [5.74, 6) is -0.915. The van der Waals surface area contributed by atoms with E-state index in [4.69, 9.17) is 20.1 Å². The molecule has 3 rings (SSSR count). The lowest BCUT2D eigenvalue weighted by atomic mass is 9.93. The molecule has 1 aliphatic rings. The molecule has 23 heavy (non-hydrogen) atoms. The van der Waals surface area contributed by atoms with E-state index in [2.05, 4.69) is 4.74 Å². The number of ketones is 1. The molecule has 2 aromatic rings. The number of Topliss-reactive ketones (excluding diaryl/α,β-unsaturated/α-hetero) is 1. The van der Waals surface area contributed by atoms with Gasteiger partial charge in [0.05, 0.1) is 0 Å². The molecule has 0 fully saturated rings. The molecule has 1 heterocycles. The second-order valence-corrected chi connectivity index (χ2v) is 5.06. The van der Waals surface area contributed by atoms with Gasteiger partial charge in [-0.25, -0.2) is 0 Å². The number of fused-ring (bicyclic) bond motifs is 1. The Morgan fingerprint density at radius 2 is 1.70 bits per heavy atom. The van der Waals surface area contributed by atoms with E-state index in [0.717, 1.165) is 0 Å². The molecule has 0 radical (unpaired) electrons. The van der Waals surface area contributed by atoms with Crippen LogP contribution in [-0.4, -0.2) is 38.5 Å². The Labute approximate surface area is 131 Å². The van der Waals surface area contributed by atoms with Crippen LogP contribution in [0.1, 0.15) is 22.0 Å². The van der Waals surface area contributed by atoms with Crippen molar-refractivity contribution in [2.75, 3.05) is 0 Å². The highest BCUT2D eigenvalue weighted by Crippen LogP contribution is 2.40. The largest absolute Gasteiger partial charge is 0.482 e. The number of hydrogen-bond donors (Lipinski definition) is 4. The van der Waals surface area contributed by atoms with Crippen molar-refractivity contribution < 1.29 is 34.7 Å². The van der Waals surface area contributed by atoms with E-state index >= 15 is 0 Å². The molecule has 0 saturated heterocycles. The summed E-state index contributed by atoms with van der Waals surface area (Å²) in [6, 6.07) is 12.9. The zero-order valence-corrected chi connectivity index (χ0v) is 11.8. The lowest BCUT2D eigenvalue weighted by molar-refractivity contribution is -0.419. The summed E-state index contributed by atoms with van der Waals surface area (Å²) >= 11 is 0. The van der Waals surface area contributed by atoms with Gasteiger partial charge in [-0.2, -0.15) is 0 Å². The molecule has 0 saturated carbocycles. The van der Waals surface area contributed by atoms with Crippen molar-refractivity contribution in [2.24, 2.45) is 0 Å². The van der Waals surface area contributed by atoms with Gasteiger partial charge in [0.15, 0.2) is 12.2 Å². The molecular weight excluding hydrogens is 304 g/mol. The average molecular weight is 318 g/mol. The minimum Gasteiger partial charge on any atom is -0.482 e. The summed E-state index contributed by atoms with van der Waals surface area (Å²) in [7, 11) is 0. The molecule has 1 aliphatic heterocycles. The van der Waals surface area contributed by atoms with Crippen molar-refractivity contribution in [2.45, 2.75) is 18.4 Å². The second-order valence-electron chi connectivity index (χ2n) is 5.06. The average Bonchev–Trinajstić information content (AvgIpc) is 2.50. The van der Waals surface area contributed by atoms with Gasteiger partial charge < -0.3 is 29.9 Å². The van der Waals surface area contributed by atoms with Crippen LogP contribution >= 0.6 is 0 Å². The maximum absolute atomic E-state index is 12.5. The molecule has 4 N–H and O–H groups in total. The highest BCUT2D eigenvalue weighted by Gasteiger charge is 2.39. The molecular formula is C16H14O7. The van der Waals surface area contributed by atoms with Gasteiger partial charge in [-0.05, 0) is 17.7 Å². The Balaban J connectivity index is 2.02. The Morgan fingerprint density at radius 3 is 2.35 bits per heavy atom. The zero-order valence-electron chi connectivity index (χ0n) is 11.8. The fourth-order valence-electron chi connectivity index (χ4n) is 2.46. The van der Waals surface area contributed by atoms with Crippen LogP contribution in [0.2, 0.25) is 0 Å². The molecule has 0 aromatic heterocycles. The van der Waals surface area contributed by atoms with E-state index in [1.165, 1.54) is 18.2 Å². The first-order chi connectivity index (χ1) is 10.9. The van der Waals surface area contributed by atoms with Gasteiger partial charge in [-0.3, -0.25) is 4.79 Å². The number of benzene rings is 2. The van der Waals surface area contributed by atoms with Crippen LogP contribution < -0.4 is 9.47 Å². The third kappa shape index (κ3) is 3.03. The van der Waals surface area contributed by atoms with Gasteiger partial charge >= 0.3 is 6.16 Å². The number of rotatable bonds is 3. The normalized spacial score (nSPS) is 20.6. The van der Waals surface area contributed by atoms with Crippen molar-refractivity contribution in [3.05, 3.63) is 59.7 Å². The van der Waals surface area contributed by atoms with Crippen molar-refractivity contribution in [3.63, 3.8) is 0 Å². The van der Waals surface area contributed by atoms with Crippen LogP contribution in [-0.2, 0) is 0 Å². The van der Waals surface area contributed by atoms with Crippen molar-refractivity contribution in [1.82, 2.24) is 0 Å². The van der Waals surface area contributed by atoms with Crippen molar-refractivity contribution >= 4 is 5.78 Å². The van der Waals surface area contributed by atoms with Crippen LogP contribution in [0.15, 0.2) is 48.5 Å². The standard InChI is InChI=1S/C16H14O7/c17-13-12-10(7-4-8-11(12)23-16(19,20)21)22-15(14(13)18)9-5-2-1-3-6-9/h1-8,14-15,18-21H. The Hall–Kier alpha value is -2.45. The molecule has 0 spiro atoms. The molecule has 120 valence electrons. The minimum atomic E-state index is -3.45. The SMILES string of the molecule is O=C1c2c(cccc2OC(O)(O)O)OC(c2ccccc2)C1O. The summed E-state index contributed by atoms with van der Waals surface area (Å²) in [4.78, 5) is 12.5. The third-order valence-corrected chi connectivity index (χ3v) is 3.42. The maximum atomic E-state index is 12.5. The van der Waals surface area contributed by atoms with Gasteiger partial charge in [0.1, 0.15) is 17.1 Å². The summed E-state index contributed by atoms with van der Waals surface area (Å²) in [5, 5.41) is 37.0. The molecule has 2 unspecified atom stereocenters. The first kappa shape index (κ1) is 15.4. The second kappa shape index (κ2) is 5.64. The van der Waals surface area contributed by atoms with Gasteiger partial charge in [-0.1, -0.05) is 36.4 Å². The Bertz CT molecular complexity index is 721. The van der Waals surface area contributed by atoms with Gasteiger partial charge in [0, 0.05) is 0 Å². The number of carbonyl (C=O) groups excluding carboxylic acids is 1. The molecule has 7 nitrogen and oxygen atoms in total. The van der Waals surface area contributed by atoms with E-state index in [9.17, 15) is 9.90 Å². The number of carbonyl (C=O) groups is 1. The predicted molar refractivity (Wildman–Crippen MR) is 76.6 cm³/mol. The fraction of sp³-hybridized carbons (Fsp3) is 0.188. The lowest BCUT2D eigenvalue weighted by Gasteiger charge is -2.31. The van der Waals surface area contributed by atoms with E-state index < -0.39 is 24.2 Å². The number of aliphatic hydroxyl groups is 4. The van der Waals surface area contributed by atoms with Crippen LogP contribution in [0.3, 0.4) is 0 Å². The zero-order chi connectivity index (χ0) is 16.6. The Morgan fingerprint density at radius 1 is 1.00 bits per heavy atom. The van der Waals surface area contributed by atoms with Gasteiger partial charge in [-0.15, -0.1) is 0 Å². The van der Waals surface area contributed by atoms with Crippen LogP contribution in [0.25, 0.3) is 0 Å². The Kier molecular flexibility index (Phi) is 3.78. The summed E-state index contributed by atoms with van der Waals surface area (Å²) < 4.78 is 10.2. The minimum absolute atomic E-state index is 0.107. The maximum Gasteiger partial charge on any atom is 0.453 e. The quantitative estimate of drug-likeness (QED) is 0.603. The monoisotopic (exact) mass is 318 g/mol. The van der Waals surface area contributed by atoms with E-state index in [1.54, 1.807) is 30.3 Å². The van der Waals surface area contributed by atoms with Crippen molar-refractivity contribution in [3.8, 4) is 11.5 Å².